The number of benzene rings is 1. The summed E-state index contributed by atoms with van der Waals surface area (Å²) in [6, 6.07) is 8.10. The minimum absolute atomic E-state index is 0.662. The minimum Gasteiger partial charge on any atom is -0.444 e. The Hall–Kier alpha value is -0.920. The Kier molecular flexibility index (Phi) is 5.15. The highest BCUT2D eigenvalue weighted by Crippen LogP contribution is 2.19. The Labute approximate surface area is 120 Å². The summed E-state index contributed by atoms with van der Waals surface area (Å²) in [5.74, 6) is 0.662. The summed E-state index contributed by atoms with van der Waals surface area (Å²) in [4.78, 5) is 4.44. The highest BCUT2D eigenvalue weighted by molar-refractivity contribution is 14.1. The number of hydrogen-bond donors (Lipinski definition) is 1. The SMILES string of the molecule is COCCNCc1coc(-c2ccc(I)cc2)n1. The molecule has 0 bridgehead atoms. The third-order valence-electron chi connectivity index (χ3n) is 2.43. The van der Waals surface area contributed by atoms with E-state index in [4.69, 9.17) is 9.15 Å². The van der Waals surface area contributed by atoms with E-state index in [-0.39, 0.29) is 0 Å². The van der Waals surface area contributed by atoms with Gasteiger partial charge in [-0.2, -0.15) is 0 Å². The van der Waals surface area contributed by atoms with Crippen LogP contribution in [-0.2, 0) is 11.3 Å². The molecule has 1 aromatic heterocycles. The second-order valence-corrected chi connectivity index (χ2v) is 5.07. The Morgan fingerprint density at radius 1 is 1.33 bits per heavy atom. The van der Waals surface area contributed by atoms with Crippen LogP contribution in [0.3, 0.4) is 0 Å². The lowest BCUT2D eigenvalue weighted by Crippen LogP contribution is -2.18. The molecule has 0 aliphatic carbocycles. The first-order valence-corrected chi connectivity index (χ1v) is 6.77. The van der Waals surface area contributed by atoms with Gasteiger partial charge in [-0.3, -0.25) is 0 Å². The number of ether oxygens (including phenoxy) is 1. The van der Waals surface area contributed by atoms with Gasteiger partial charge in [0.15, 0.2) is 0 Å². The van der Waals surface area contributed by atoms with Gasteiger partial charge in [0.25, 0.3) is 0 Å². The van der Waals surface area contributed by atoms with Gasteiger partial charge in [0, 0.05) is 29.3 Å². The molecule has 1 N–H and O–H groups in total. The largest absolute Gasteiger partial charge is 0.444 e. The van der Waals surface area contributed by atoms with Crippen LogP contribution in [0.1, 0.15) is 5.69 Å². The van der Waals surface area contributed by atoms with Gasteiger partial charge in [-0.15, -0.1) is 0 Å². The first kappa shape index (κ1) is 13.5. The van der Waals surface area contributed by atoms with E-state index in [2.05, 4.69) is 32.9 Å². The number of oxazole rings is 1. The quantitative estimate of drug-likeness (QED) is 0.637. The van der Waals surface area contributed by atoms with Gasteiger partial charge in [-0.25, -0.2) is 4.98 Å². The average Bonchev–Trinajstić information content (AvgIpc) is 2.84. The number of hydrogen-bond acceptors (Lipinski definition) is 4. The number of halogens is 1. The standard InChI is InChI=1S/C13H15IN2O2/c1-17-7-6-15-8-12-9-18-13(16-12)10-2-4-11(14)5-3-10/h2-5,9,15H,6-8H2,1H3. The molecule has 0 saturated carbocycles. The fraction of sp³-hybridized carbons (Fsp3) is 0.308. The van der Waals surface area contributed by atoms with Gasteiger partial charge in [0.05, 0.1) is 12.3 Å². The van der Waals surface area contributed by atoms with Crippen molar-refractivity contribution >= 4 is 22.6 Å². The molecule has 96 valence electrons. The number of nitrogens with zero attached hydrogens (tertiary/aromatic N) is 1. The highest BCUT2D eigenvalue weighted by atomic mass is 127. The highest BCUT2D eigenvalue weighted by Gasteiger charge is 2.06. The number of aromatic nitrogens is 1. The van der Waals surface area contributed by atoms with Crippen molar-refractivity contribution in [1.82, 2.24) is 10.3 Å². The van der Waals surface area contributed by atoms with Crippen molar-refractivity contribution < 1.29 is 9.15 Å². The van der Waals surface area contributed by atoms with Crippen molar-refractivity contribution in [3.8, 4) is 11.5 Å². The van der Waals surface area contributed by atoms with Crippen LogP contribution in [0, 0.1) is 3.57 Å². The lowest BCUT2D eigenvalue weighted by molar-refractivity contribution is 0.199. The van der Waals surface area contributed by atoms with E-state index in [9.17, 15) is 0 Å². The Bertz CT molecular complexity index is 482. The third kappa shape index (κ3) is 3.79. The maximum absolute atomic E-state index is 5.46. The van der Waals surface area contributed by atoms with E-state index in [1.165, 1.54) is 3.57 Å². The molecule has 5 heteroatoms. The summed E-state index contributed by atoms with van der Waals surface area (Å²) in [5, 5.41) is 3.23. The van der Waals surface area contributed by atoms with E-state index >= 15 is 0 Å². The second-order valence-electron chi connectivity index (χ2n) is 3.82. The molecule has 0 radical (unpaired) electrons. The van der Waals surface area contributed by atoms with E-state index in [0.717, 1.165) is 17.8 Å². The predicted molar refractivity (Wildman–Crippen MR) is 78.2 cm³/mol. The molecule has 0 aliphatic heterocycles. The maximum Gasteiger partial charge on any atom is 0.226 e. The second kappa shape index (κ2) is 6.86. The molecular weight excluding hydrogens is 343 g/mol. The van der Waals surface area contributed by atoms with Crippen molar-refractivity contribution in [2.75, 3.05) is 20.3 Å². The lowest BCUT2D eigenvalue weighted by atomic mass is 10.2. The molecule has 4 nitrogen and oxygen atoms in total. The van der Waals surface area contributed by atoms with Crippen LogP contribution in [0.25, 0.3) is 11.5 Å². The Morgan fingerprint density at radius 3 is 2.83 bits per heavy atom. The monoisotopic (exact) mass is 358 g/mol. The average molecular weight is 358 g/mol. The van der Waals surface area contributed by atoms with Gasteiger partial charge in [0.1, 0.15) is 6.26 Å². The normalized spacial score (nSPS) is 10.8. The van der Waals surface area contributed by atoms with E-state index in [1.807, 2.05) is 24.3 Å². The van der Waals surface area contributed by atoms with Crippen LogP contribution in [-0.4, -0.2) is 25.2 Å². The first-order chi connectivity index (χ1) is 8.79. The Balaban J connectivity index is 1.95. The molecule has 0 unspecified atom stereocenters. The molecule has 0 saturated heterocycles. The van der Waals surface area contributed by atoms with Gasteiger partial charge in [-0.05, 0) is 46.9 Å². The van der Waals surface area contributed by atoms with Gasteiger partial charge >= 0.3 is 0 Å². The molecule has 18 heavy (non-hydrogen) atoms. The van der Waals surface area contributed by atoms with E-state index in [1.54, 1.807) is 13.4 Å². The van der Waals surface area contributed by atoms with Crippen molar-refractivity contribution in [2.45, 2.75) is 6.54 Å². The molecule has 0 fully saturated rings. The minimum atomic E-state index is 0.662. The van der Waals surface area contributed by atoms with Crippen LogP contribution in [0.5, 0.6) is 0 Å². The summed E-state index contributed by atoms with van der Waals surface area (Å²) in [6.07, 6.45) is 1.69. The summed E-state index contributed by atoms with van der Waals surface area (Å²) >= 11 is 2.27. The lowest BCUT2D eigenvalue weighted by Gasteiger charge is -1.99. The maximum atomic E-state index is 5.46. The van der Waals surface area contributed by atoms with Crippen molar-refractivity contribution in [3.05, 3.63) is 39.8 Å². The fourth-order valence-corrected chi connectivity index (χ4v) is 1.86. The van der Waals surface area contributed by atoms with E-state index < -0.39 is 0 Å². The van der Waals surface area contributed by atoms with Crippen molar-refractivity contribution in [3.63, 3.8) is 0 Å². The summed E-state index contributed by atoms with van der Waals surface area (Å²) in [5.41, 5.74) is 1.90. The molecular formula is C13H15IN2O2. The van der Waals surface area contributed by atoms with Crippen molar-refractivity contribution in [2.24, 2.45) is 0 Å². The van der Waals surface area contributed by atoms with Gasteiger partial charge < -0.3 is 14.5 Å². The molecule has 0 amide bonds. The van der Waals surface area contributed by atoms with E-state index in [0.29, 0.717) is 19.0 Å². The van der Waals surface area contributed by atoms with Crippen LogP contribution in [0.4, 0.5) is 0 Å². The summed E-state index contributed by atoms with van der Waals surface area (Å²) < 4.78 is 11.6. The zero-order chi connectivity index (χ0) is 12.8. The molecule has 2 aromatic rings. The predicted octanol–water partition coefficient (Wildman–Crippen LogP) is 2.68. The van der Waals surface area contributed by atoms with Crippen LogP contribution in [0.15, 0.2) is 34.9 Å². The number of methoxy groups -OCH3 is 1. The zero-order valence-corrected chi connectivity index (χ0v) is 12.3. The van der Waals surface area contributed by atoms with Crippen LogP contribution < -0.4 is 5.32 Å². The molecule has 2 rings (SSSR count). The third-order valence-corrected chi connectivity index (χ3v) is 3.15. The van der Waals surface area contributed by atoms with Gasteiger partial charge in [0.2, 0.25) is 5.89 Å². The van der Waals surface area contributed by atoms with Crippen LogP contribution >= 0.6 is 22.6 Å². The molecule has 0 atom stereocenters. The molecule has 1 aromatic carbocycles. The molecule has 0 aliphatic rings. The fourth-order valence-electron chi connectivity index (χ4n) is 1.50. The number of nitrogens with one attached hydrogen (secondary N) is 1. The topological polar surface area (TPSA) is 47.3 Å². The van der Waals surface area contributed by atoms with Crippen LogP contribution in [0.2, 0.25) is 0 Å². The first-order valence-electron chi connectivity index (χ1n) is 5.69. The Morgan fingerprint density at radius 2 is 2.11 bits per heavy atom. The molecule has 0 spiro atoms. The molecule has 1 heterocycles. The summed E-state index contributed by atoms with van der Waals surface area (Å²) in [7, 11) is 1.69. The van der Waals surface area contributed by atoms with Gasteiger partial charge in [-0.1, -0.05) is 0 Å². The smallest absolute Gasteiger partial charge is 0.226 e. The summed E-state index contributed by atoms with van der Waals surface area (Å²) in [6.45, 7) is 2.20. The number of rotatable bonds is 6. The zero-order valence-electron chi connectivity index (χ0n) is 10.1. The van der Waals surface area contributed by atoms with Crippen molar-refractivity contribution in [1.29, 1.82) is 0 Å².